The fraction of sp³-hybridized carbons (Fsp3) is 0.583. The molecule has 1 saturated carbocycles. The number of carbonyl (C=O) groups is 1. The minimum atomic E-state index is -3.83. The van der Waals surface area contributed by atoms with E-state index < -0.39 is 33.9 Å². The maximum absolute atomic E-state index is 13.3. The van der Waals surface area contributed by atoms with Crippen molar-refractivity contribution in [3.63, 3.8) is 0 Å². The van der Waals surface area contributed by atoms with Crippen molar-refractivity contribution < 1.29 is 23.1 Å². The number of rotatable bonds is 6. The Hall–Kier alpha value is -2.23. The van der Waals surface area contributed by atoms with Gasteiger partial charge in [-0.15, -0.1) is 0 Å². The van der Waals surface area contributed by atoms with Crippen LogP contribution < -0.4 is 10.0 Å². The first-order valence-corrected chi connectivity index (χ1v) is 13.0. The number of nitrogens with one attached hydrogen (secondary N) is 2. The van der Waals surface area contributed by atoms with Gasteiger partial charge in [-0.2, -0.15) is 0 Å². The smallest absolute Gasteiger partial charge is 0.408 e. The van der Waals surface area contributed by atoms with E-state index in [0.717, 1.165) is 18.5 Å². The number of pyridine rings is 1. The molecule has 33 heavy (non-hydrogen) atoms. The third kappa shape index (κ3) is 5.15. The first-order chi connectivity index (χ1) is 15.4. The molecule has 1 amide bonds. The second-order valence-electron chi connectivity index (χ2n) is 10.5. The van der Waals surface area contributed by atoms with Crippen molar-refractivity contribution in [3.05, 3.63) is 35.2 Å². The molecule has 0 bridgehead atoms. The molecule has 8 nitrogen and oxygen atoms in total. The number of ether oxygens (including phenoxy) is 1. The summed E-state index contributed by atoms with van der Waals surface area (Å²) in [7, 11) is -3.83. The Morgan fingerprint density at radius 3 is 2.55 bits per heavy atom. The third-order valence-electron chi connectivity index (χ3n) is 5.90. The van der Waals surface area contributed by atoms with Crippen molar-refractivity contribution in [2.24, 2.45) is 5.92 Å². The lowest BCUT2D eigenvalue weighted by atomic mass is 9.99. The highest BCUT2D eigenvalue weighted by molar-refractivity contribution is 7.89. The van der Waals surface area contributed by atoms with Gasteiger partial charge in [-0.25, -0.2) is 17.9 Å². The number of aromatic nitrogens is 1. The Morgan fingerprint density at radius 1 is 1.24 bits per heavy atom. The Morgan fingerprint density at radius 2 is 1.94 bits per heavy atom. The lowest BCUT2D eigenvalue weighted by molar-refractivity contribution is 0.0493. The van der Waals surface area contributed by atoms with Gasteiger partial charge in [0.05, 0.1) is 17.0 Å². The van der Waals surface area contributed by atoms with Gasteiger partial charge < -0.3 is 15.2 Å². The molecular formula is C24H33N3O5S. The number of carbonyl (C=O) groups excluding carboxylic acids is 1. The van der Waals surface area contributed by atoms with Crippen LogP contribution in [-0.2, 0) is 14.8 Å². The summed E-state index contributed by atoms with van der Waals surface area (Å²) in [5.74, 6) is 0.501. The van der Waals surface area contributed by atoms with Gasteiger partial charge in [-0.1, -0.05) is 13.8 Å². The number of nitrogens with zero attached hydrogens (tertiary/aromatic N) is 1. The fourth-order valence-electron chi connectivity index (χ4n) is 4.24. The number of amides is 1. The van der Waals surface area contributed by atoms with Crippen LogP contribution in [0.25, 0.3) is 10.8 Å². The summed E-state index contributed by atoms with van der Waals surface area (Å²) >= 11 is 0. The molecule has 0 aliphatic heterocycles. The molecule has 1 fully saturated rings. The number of alkyl carbamates (subject to hydrolysis) is 1. The average Bonchev–Trinajstić information content (AvgIpc) is 3.49. The second-order valence-corrected chi connectivity index (χ2v) is 12.2. The molecule has 0 saturated heterocycles. The van der Waals surface area contributed by atoms with E-state index in [-0.39, 0.29) is 17.2 Å². The summed E-state index contributed by atoms with van der Waals surface area (Å²) < 4.78 is 34.8. The third-order valence-corrected chi connectivity index (χ3v) is 7.37. The normalized spacial score (nSPS) is 20.8. The zero-order chi connectivity index (χ0) is 24.1. The number of benzene rings is 1. The SMILES string of the molecule is CC(C)CNS(=O)(=O)c1cc2c(c3cnc(C4CC4)cc13)C(O)CC2NC(=O)OC(C)(C)C. The summed E-state index contributed by atoms with van der Waals surface area (Å²) in [6.45, 7) is 9.50. The topological polar surface area (TPSA) is 118 Å². The first-order valence-electron chi connectivity index (χ1n) is 11.5. The highest BCUT2D eigenvalue weighted by Gasteiger charge is 2.36. The van der Waals surface area contributed by atoms with Gasteiger partial charge in [0.15, 0.2) is 0 Å². The van der Waals surface area contributed by atoms with E-state index in [1.54, 1.807) is 33.0 Å². The van der Waals surface area contributed by atoms with E-state index in [2.05, 4.69) is 15.0 Å². The molecule has 2 aliphatic carbocycles. The van der Waals surface area contributed by atoms with Crippen LogP contribution in [-0.4, -0.2) is 36.7 Å². The molecule has 2 unspecified atom stereocenters. The van der Waals surface area contributed by atoms with Gasteiger partial charge in [0, 0.05) is 41.5 Å². The molecule has 0 radical (unpaired) electrons. The number of sulfonamides is 1. The molecule has 2 aliphatic rings. The molecule has 1 aromatic carbocycles. The van der Waals surface area contributed by atoms with Gasteiger partial charge >= 0.3 is 6.09 Å². The molecule has 180 valence electrons. The zero-order valence-electron chi connectivity index (χ0n) is 19.8. The predicted octanol–water partition coefficient (Wildman–Crippen LogP) is 4.05. The van der Waals surface area contributed by atoms with E-state index in [4.69, 9.17) is 4.74 Å². The summed E-state index contributed by atoms with van der Waals surface area (Å²) in [6, 6.07) is 2.87. The van der Waals surface area contributed by atoms with Crippen LogP contribution in [0, 0.1) is 5.92 Å². The molecule has 1 aromatic heterocycles. The van der Waals surface area contributed by atoms with Crippen LogP contribution in [0.1, 0.15) is 88.8 Å². The zero-order valence-corrected chi connectivity index (χ0v) is 20.6. The van der Waals surface area contributed by atoms with Crippen LogP contribution in [0.4, 0.5) is 4.79 Å². The summed E-state index contributed by atoms with van der Waals surface area (Å²) in [4.78, 5) is 17.1. The lowest BCUT2D eigenvalue weighted by Crippen LogP contribution is -2.34. The van der Waals surface area contributed by atoms with Gasteiger partial charge in [0.25, 0.3) is 0 Å². The van der Waals surface area contributed by atoms with Crippen LogP contribution >= 0.6 is 0 Å². The molecule has 4 rings (SSSR count). The van der Waals surface area contributed by atoms with E-state index in [1.165, 1.54) is 0 Å². The molecule has 1 heterocycles. The maximum atomic E-state index is 13.3. The average molecular weight is 476 g/mol. The first kappa shape index (κ1) is 23.9. The van der Waals surface area contributed by atoms with E-state index in [0.29, 0.717) is 34.4 Å². The van der Waals surface area contributed by atoms with Gasteiger partial charge in [0.2, 0.25) is 10.0 Å². The molecular weight excluding hydrogens is 442 g/mol. The van der Waals surface area contributed by atoms with Crippen molar-refractivity contribution in [3.8, 4) is 0 Å². The predicted molar refractivity (Wildman–Crippen MR) is 125 cm³/mol. The molecule has 3 N–H and O–H groups in total. The maximum Gasteiger partial charge on any atom is 0.408 e. The summed E-state index contributed by atoms with van der Waals surface area (Å²) in [5, 5.41) is 14.8. The minimum Gasteiger partial charge on any atom is -0.444 e. The number of aliphatic hydroxyl groups is 1. The van der Waals surface area contributed by atoms with Crippen molar-refractivity contribution in [2.75, 3.05) is 6.54 Å². The van der Waals surface area contributed by atoms with Crippen LogP contribution in [0.5, 0.6) is 0 Å². The van der Waals surface area contributed by atoms with Crippen LogP contribution in [0.3, 0.4) is 0 Å². The lowest BCUT2D eigenvalue weighted by Gasteiger charge is -2.22. The van der Waals surface area contributed by atoms with Crippen LogP contribution in [0.15, 0.2) is 23.2 Å². The number of hydrogen-bond acceptors (Lipinski definition) is 6. The Bertz CT molecular complexity index is 1180. The monoisotopic (exact) mass is 475 g/mol. The van der Waals surface area contributed by atoms with Gasteiger partial charge in [0.1, 0.15) is 5.60 Å². The fourth-order valence-corrected chi connectivity index (χ4v) is 5.68. The van der Waals surface area contributed by atoms with Crippen molar-refractivity contribution in [2.45, 2.75) is 82.4 Å². The summed E-state index contributed by atoms with van der Waals surface area (Å²) in [6.07, 6.45) is 2.52. The Labute approximate surface area is 195 Å². The van der Waals surface area contributed by atoms with Crippen molar-refractivity contribution >= 4 is 26.9 Å². The molecule has 2 atom stereocenters. The standard InChI is InChI=1S/C24H33N3O5S/c1-13(2)11-26-33(30,31)21-9-16-19(27-23(29)32-24(3,4)5)10-20(28)22(16)17-12-25-18(8-15(17)21)14-6-7-14/h8-9,12-14,19-20,26,28H,6-7,10-11H2,1-5H3,(H,27,29). The van der Waals surface area contributed by atoms with E-state index in [1.807, 2.05) is 19.9 Å². The number of aliphatic hydroxyl groups excluding tert-OH is 1. The van der Waals surface area contributed by atoms with Gasteiger partial charge in [-0.3, -0.25) is 4.98 Å². The number of fused-ring (bicyclic) bond motifs is 3. The number of hydrogen-bond donors (Lipinski definition) is 3. The Balaban J connectivity index is 1.82. The van der Waals surface area contributed by atoms with Crippen LogP contribution in [0.2, 0.25) is 0 Å². The Kier molecular flexibility index (Phi) is 6.18. The van der Waals surface area contributed by atoms with E-state index in [9.17, 15) is 18.3 Å². The highest BCUT2D eigenvalue weighted by Crippen LogP contribution is 2.46. The van der Waals surface area contributed by atoms with Crippen molar-refractivity contribution in [1.29, 1.82) is 0 Å². The largest absolute Gasteiger partial charge is 0.444 e. The van der Waals surface area contributed by atoms with E-state index >= 15 is 0 Å². The van der Waals surface area contributed by atoms with Gasteiger partial charge in [-0.05, 0) is 62.8 Å². The van der Waals surface area contributed by atoms with Crippen molar-refractivity contribution in [1.82, 2.24) is 15.0 Å². The minimum absolute atomic E-state index is 0.145. The summed E-state index contributed by atoms with van der Waals surface area (Å²) in [5.41, 5.74) is 1.39. The second kappa shape index (κ2) is 8.52. The molecule has 0 spiro atoms. The highest BCUT2D eigenvalue weighted by atomic mass is 32.2. The molecule has 9 heteroatoms. The molecule has 2 aromatic rings. The quantitative estimate of drug-likeness (QED) is 0.580.